The molecular weight excluding hydrogens is 408 g/mol. The minimum absolute atomic E-state index is 0.310. The highest BCUT2D eigenvalue weighted by molar-refractivity contribution is 9.10. The van der Waals surface area contributed by atoms with Crippen LogP contribution in [0.2, 0.25) is 0 Å². The van der Waals surface area contributed by atoms with Gasteiger partial charge in [-0.15, -0.1) is 11.3 Å². The molecule has 1 saturated heterocycles. The standard InChI is InChI=1S/C21H25BrN2OS/c22-18-4-1-16(2-5-18)3-6-21(25)23-11-7-19(8-12-23)24-13-9-20-17(15-24)10-14-26-20/h1-2,4-5,10,14,19H,3,6-9,11-13,15H2. The van der Waals surface area contributed by atoms with E-state index in [1.165, 1.54) is 24.1 Å². The molecular formula is C21H25BrN2OS. The van der Waals surface area contributed by atoms with E-state index in [0.29, 0.717) is 18.4 Å². The molecule has 1 aromatic heterocycles. The van der Waals surface area contributed by atoms with Gasteiger partial charge in [-0.1, -0.05) is 28.1 Å². The molecule has 1 amide bonds. The summed E-state index contributed by atoms with van der Waals surface area (Å²) in [5, 5.41) is 2.22. The molecule has 0 N–H and O–H groups in total. The molecule has 0 atom stereocenters. The summed E-state index contributed by atoms with van der Waals surface area (Å²) in [5.41, 5.74) is 2.76. The molecule has 3 nitrogen and oxygen atoms in total. The number of aryl methyl sites for hydroxylation is 1. The van der Waals surface area contributed by atoms with Gasteiger partial charge in [0.1, 0.15) is 0 Å². The largest absolute Gasteiger partial charge is 0.343 e. The summed E-state index contributed by atoms with van der Waals surface area (Å²) in [5.74, 6) is 0.310. The SMILES string of the molecule is O=C(CCc1ccc(Br)cc1)N1CCC(N2CCc3sccc3C2)CC1. The van der Waals surface area contributed by atoms with Crippen molar-refractivity contribution in [2.24, 2.45) is 0 Å². The Kier molecular flexibility index (Phi) is 5.77. The minimum Gasteiger partial charge on any atom is -0.343 e. The lowest BCUT2D eigenvalue weighted by Gasteiger charge is -2.40. The lowest BCUT2D eigenvalue weighted by atomic mass is 9.99. The van der Waals surface area contributed by atoms with Gasteiger partial charge in [-0.25, -0.2) is 0 Å². The van der Waals surface area contributed by atoms with E-state index in [9.17, 15) is 4.79 Å². The van der Waals surface area contributed by atoms with E-state index in [-0.39, 0.29) is 0 Å². The maximum Gasteiger partial charge on any atom is 0.222 e. The predicted molar refractivity (Wildman–Crippen MR) is 110 cm³/mol. The summed E-state index contributed by atoms with van der Waals surface area (Å²) in [6, 6.07) is 11.2. The minimum atomic E-state index is 0.310. The summed E-state index contributed by atoms with van der Waals surface area (Å²) >= 11 is 5.36. The first-order valence-electron chi connectivity index (χ1n) is 9.50. The number of hydrogen-bond acceptors (Lipinski definition) is 3. The fourth-order valence-electron chi connectivity index (χ4n) is 4.12. The number of halogens is 1. The van der Waals surface area contributed by atoms with Gasteiger partial charge < -0.3 is 4.90 Å². The Morgan fingerprint density at radius 3 is 2.65 bits per heavy atom. The average Bonchev–Trinajstić information content (AvgIpc) is 3.15. The Bertz CT molecular complexity index is 750. The number of piperidine rings is 1. The van der Waals surface area contributed by atoms with E-state index in [2.05, 4.69) is 49.3 Å². The zero-order valence-electron chi connectivity index (χ0n) is 15.0. The van der Waals surface area contributed by atoms with Crippen LogP contribution in [0.25, 0.3) is 0 Å². The highest BCUT2D eigenvalue weighted by atomic mass is 79.9. The topological polar surface area (TPSA) is 23.6 Å². The van der Waals surface area contributed by atoms with Crippen LogP contribution in [-0.4, -0.2) is 41.4 Å². The third kappa shape index (κ3) is 4.21. The van der Waals surface area contributed by atoms with Crippen molar-refractivity contribution in [3.8, 4) is 0 Å². The van der Waals surface area contributed by atoms with Crippen LogP contribution in [0.1, 0.15) is 35.3 Å². The van der Waals surface area contributed by atoms with Gasteiger partial charge in [0.2, 0.25) is 5.91 Å². The first-order chi connectivity index (χ1) is 12.7. The highest BCUT2D eigenvalue weighted by Gasteiger charge is 2.29. The third-order valence-corrected chi connectivity index (χ3v) is 7.26. The number of thiophene rings is 1. The van der Waals surface area contributed by atoms with Crippen LogP contribution in [0, 0.1) is 0 Å². The van der Waals surface area contributed by atoms with Crippen molar-refractivity contribution in [1.29, 1.82) is 0 Å². The number of nitrogens with zero attached hydrogens (tertiary/aromatic N) is 2. The van der Waals surface area contributed by atoms with Crippen molar-refractivity contribution in [3.05, 3.63) is 56.2 Å². The maximum absolute atomic E-state index is 12.6. The number of benzene rings is 1. The molecule has 1 aromatic carbocycles. The lowest BCUT2D eigenvalue weighted by molar-refractivity contribution is -0.132. The van der Waals surface area contributed by atoms with Gasteiger partial charge in [0.15, 0.2) is 0 Å². The molecule has 2 aliphatic rings. The molecule has 26 heavy (non-hydrogen) atoms. The number of rotatable bonds is 4. The maximum atomic E-state index is 12.6. The second-order valence-electron chi connectivity index (χ2n) is 7.33. The van der Waals surface area contributed by atoms with Crippen molar-refractivity contribution in [3.63, 3.8) is 0 Å². The number of likely N-dealkylation sites (tertiary alicyclic amines) is 1. The highest BCUT2D eigenvalue weighted by Crippen LogP contribution is 2.28. The second-order valence-corrected chi connectivity index (χ2v) is 9.24. The summed E-state index contributed by atoms with van der Waals surface area (Å²) in [4.78, 5) is 18.8. The Morgan fingerprint density at radius 1 is 1.12 bits per heavy atom. The van der Waals surface area contributed by atoms with Crippen molar-refractivity contribution in [2.75, 3.05) is 19.6 Å². The van der Waals surface area contributed by atoms with Gasteiger partial charge in [-0.3, -0.25) is 9.69 Å². The average molecular weight is 433 g/mol. The van der Waals surface area contributed by atoms with E-state index in [1.807, 2.05) is 23.5 Å². The smallest absolute Gasteiger partial charge is 0.222 e. The van der Waals surface area contributed by atoms with Crippen molar-refractivity contribution in [1.82, 2.24) is 9.80 Å². The molecule has 2 aliphatic heterocycles. The van der Waals surface area contributed by atoms with Crippen LogP contribution >= 0.6 is 27.3 Å². The van der Waals surface area contributed by atoms with Crippen molar-refractivity contribution in [2.45, 2.75) is 44.7 Å². The van der Waals surface area contributed by atoms with E-state index in [1.54, 1.807) is 4.88 Å². The molecule has 138 valence electrons. The van der Waals surface area contributed by atoms with E-state index in [0.717, 1.165) is 43.4 Å². The first kappa shape index (κ1) is 18.2. The number of carbonyl (C=O) groups is 1. The zero-order chi connectivity index (χ0) is 17.9. The zero-order valence-corrected chi connectivity index (χ0v) is 17.4. The normalized spacial score (nSPS) is 18.7. The van der Waals surface area contributed by atoms with E-state index < -0.39 is 0 Å². The molecule has 2 aromatic rings. The molecule has 0 spiro atoms. The lowest BCUT2D eigenvalue weighted by Crippen LogP contribution is -2.47. The van der Waals surface area contributed by atoms with Crippen LogP contribution in [0.4, 0.5) is 0 Å². The summed E-state index contributed by atoms with van der Waals surface area (Å²) in [6.45, 7) is 4.10. The van der Waals surface area contributed by atoms with Gasteiger partial charge in [0, 0.05) is 48.0 Å². The van der Waals surface area contributed by atoms with Gasteiger partial charge >= 0.3 is 0 Å². The molecule has 1 fully saturated rings. The number of amides is 1. The molecule has 0 unspecified atom stereocenters. The predicted octanol–water partition coefficient (Wildman–Crippen LogP) is 4.49. The van der Waals surface area contributed by atoms with Crippen LogP contribution in [0.5, 0.6) is 0 Å². The van der Waals surface area contributed by atoms with Crippen molar-refractivity contribution < 1.29 is 4.79 Å². The molecule has 3 heterocycles. The molecule has 0 bridgehead atoms. The Morgan fingerprint density at radius 2 is 1.88 bits per heavy atom. The number of fused-ring (bicyclic) bond motifs is 1. The second kappa shape index (κ2) is 8.24. The van der Waals surface area contributed by atoms with Gasteiger partial charge in [-0.05, 0) is 60.4 Å². The van der Waals surface area contributed by atoms with Gasteiger partial charge in [0.05, 0.1) is 0 Å². The fraction of sp³-hybridized carbons (Fsp3) is 0.476. The van der Waals surface area contributed by atoms with Crippen LogP contribution < -0.4 is 0 Å². The quantitative estimate of drug-likeness (QED) is 0.709. The summed E-state index contributed by atoms with van der Waals surface area (Å²) < 4.78 is 1.09. The Balaban J connectivity index is 1.24. The molecule has 0 radical (unpaired) electrons. The van der Waals surface area contributed by atoms with Crippen molar-refractivity contribution >= 4 is 33.2 Å². The number of hydrogen-bond donors (Lipinski definition) is 0. The Hall–Kier alpha value is -1.17. The molecule has 5 heteroatoms. The number of carbonyl (C=O) groups excluding carboxylic acids is 1. The first-order valence-corrected chi connectivity index (χ1v) is 11.2. The summed E-state index contributed by atoms with van der Waals surface area (Å²) in [7, 11) is 0. The van der Waals surface area contributed by atoms with Gasteiger partial charge in [-0.2, -0.15) is 0 Å². The molecule has 4 rings (SSSR count). The summed E-state index contributed by atoms with van der Waals surface area (Å²) in [6.07, 6.45) is 4.87. The monoisotopic (exact) mass is 432 g/mol. The molecule has 0 aliphatic carbocycles. The van der Waals surface area contributed by atoms with E-state index >= 15 is 0 Å². The Labute approximate surface area is 168 Å². The molecule has 0 saturated carbocycles. The van der Waals surface area contributed by atoms with Crippen LogP contribution in [0.3, 0.4) is 0 Å². The van der Waals surface area contributed by atoms with E-state index in [4.69, 9.17) is 0 Å². The third-order valence-electron chi connectivity index (χ3n) is 5.71. The van der Waals surface area contributed by atoms with Crippen LogP contribution in [-0.2, 0) is 24.2 Å². The fourth-order valence-corrected chi connectivity index (χ4v) is 5.28. The van der Waals surface area contributed by atoms with Crippen LogP contribution in [0.15, 0.2) is 40.2 Å². The van der Waals surface area contributed by atoms with Gasteiger partial charge in [0.25, 0.3) is 0 Å².